The lowest BCUT2D eigenvalue weighted by Gasteiger charge is -2.33. The summed E-state index contributed by atoms with van der Waals surface area (Å²) in [6.07, 6.45) is 5.02. The number of carbonyl (C=O) groups excluding carboxylic acids is 5. The second-order valence-electron chi connectivity index (χ2n) is 17.8. The molecule has 1 aromatic carbocycles. The fourth-order valence-electron chi connectivity index (χ4n) is 8.55. The number of carboxylic acid groups (broad SMARTS) is 2. The van der Waals surface area contributed by atoms with E-state index in [2.05, 4.69) is 36.9 Å². The Morgan fingerprint density at radius 1 is 0.754 bits per heavy atom. The predicted molar refractivity (Wildman–Crippen MR) is 230 cm³/mol. The minimum absolute atomic E-state index is 0.0131. The SMILES string of the molecule is CC(C)C[C@@H](CC(=O)N[C@H](CC(=O)N[C@@H]1CCCC[C@H]1C(=O)N[C@H](CC(=O)N[C@@H](CCC(=O)O)CC(=O)O)Cc1c[nH]c2ccccc12)C(C)C)NC(=O)[C@@H]1CNCC[C@H]1N. The van der Waals surface area contributed by atoms with Crippen molar-refractivity contribution >= 4 is 52.4 Å². The molecule has 2 aromatic rings. The number of H-pyrrole nitrogens is 1. The Morgan fingerprint density at radius 2 is 1.43 bits per heavy atom. The summed E-state index contributed by atoms with van der Waals surface area (Å²) in [7, 11) is 0. The molecule has 2 aliphatic rings. The number of aromatic nitrogens is 1. The van der Waals surface area contributed by atoms with Crippen LogP contribution in [0.3, 0.4) is 0 Å². The molecule has 0 spiro atoms. The van der Waals surface area contributed by atoms with Crippen LogP contribution in [0.5, 0.6) is 0 Å². The van der Waals surface area contributed by atoms with E-state index in [1.165, 1.54) is 0 Å². The summed E-state index contributed by atoms with van der Waals surface area (Å²) in [5, 5.41) is 37.6. The number of hydrogen-bond donors (Lipinski definition) is 10. The van der Waals surface area contributed by atoms with Crippen molar-refractivity contribution in [2.24, 2.45) is 29.4 Å². The number of aromatic amines is 1. The molecule has 338 valence electrons. The van der Waals surface area contributed by atoms with E-state index in [1.807, 2.05) is 58.2 Å². The van der Waals surface area contributed by atoms with Gasteiger partial charge in [-0.25, -0.2) is 0 Å². The van der Waals surface area contributed by atoms with Crippen LogP contribution >= 0.6 is 0 Å². The van der Waals surface area contributed by atoms with Gasteiger partial charge in [-0.15, -0.1) is 0 Å². The number of nitrogens with one attached hydrogen (secondary N) is 7. The highest BCUT2D eigenvalue weighted by Gasteiger charge is 2.35. The van der Waals surface area contributed by atoms with Gasteiger partial charge in [0.25, 0.3) is 0 Å². The molecule has 1 aliphatic heterocycles. The second kappa shape index (κ2) is 23.8. The van der Waals surface area contributed by atoms with Gasteiger partial charge in [0.2, 0.25) is 29.5 Å². The summed E-state index contributed by atoms with van der Waals surface area (Å²) >= 11 is 0. The molecule has 5 amide bonds. The zero-order chi connectivity index (χ0) is 44.6. The van der Waals surface area contributed by atoms with E-state index in [0.717, 1.165) is 35.9 Å². The Morgan fingerprint density at radius 3 is 2.11 bits per heavy atom. The number of amides is 5. The number of hydrogen-bond acceptors (Lipinski definition) is 9. The number of nitrogens with two attached hydrogens (primary N) is 1. The Kier molecular flexibility index (Phi) is 19.0. The fraction of sp³-hybridized carbons (Fsp3) is 0.659. The Labute approximate surface area is 358 Å². The van der Waals surface area contributed by atoms with Crippen LogP contribution in [-0.2, 0) is 40.0 Å². The number of carbonyl (C=O) groups is 7. The largest absolute Gasteiger partial charge is 0.481 e. The monoisotopic (exact) mass is 853 g/mol. The second-order valence-corrected chi connectivity index (χ2v) is 17.8. The number of rotatable bonds is 23. The number of aliphatic carboxylic acids is 2. The van der Waals surface area contributed by atoms with Gasteiger partial charge in [-0.2, -0.15) is 0 Å². The molecular weight excluding hydrogens is 785 g/mol. The van der Waals surface area contributed by atoms with Crippen LogP contribution in [0.25, 0.3) is 10.9 Å². The first-order valence-corrected chi connectivity index (χ1v) is 21.9. The number of para-hydroxylation sites is 1. The lowest BCUT2D eigenvalue weighted by molar-refractivity contribution is -0.140. The standard InChI is InChI=1S/C44H68N8O9/c1-25(2)17-29(49-44(61)33-24-46-16-15-34(33)45)19-39(54)52-37(26(3)4)22-40(55)51-36-12-8-6-10-32(36)43(60)50-30(18-27-23-47-35-11-7-5-9-31(27)35)20-38(53)48-28(21-42(58)59)13-14-41(56)57/h5,7,9,11,23,25-26,28-30,32-34,36-37,46-47H,6,8,10,12-22,24,45H2,1-4H3,(H,48,53)(H,49,61)(H,50,60)(H,51,55)(H,52,54)(H,56,57)(H,58,59)/t28-,29-,30-,32+,33+,34+,36+,37+/m0/s1. The van der Waals surface area contributed by atoms with Crippen LogP contribution in [0, 0.1) is 23.7 Å². The van der Waals surface area contributed by atoms with Crippen LogP contribution in [0.15, 0.2) is 30.5 Å². The van der Waals surface area contributed by atoms with Gasteiger partial charge in [-0.3, -0.25) is 33.6 Å². The van der Waals surface area contributed by atoms with Crippen LogP contribution < -0.4 is 37.6 Å². The molecule has 0 radical (unpaired) electrons. The molecule has 11 N–H and O–H groups in total. The highest BCUT2D eigenvalue weighted by atomic mass is 16.4. The molecule has 4 rings (SSSR count). The first-order valence-electron chi connectivity index (χ1n) is 21.9. The minimum Gasteiger partial charge on any atom is -0.481 e. The maximum absolute atomic E-state index is 14.1. The molecule has 2 heterocycles. The normalized spacial score (nSPS) is 21.2. The predicted octanol–water partition coefficient (Wildman–Crippen LogP) is 2.47. The third kappa shape index (κ3) is 16.1. The van der Waals surface area contributed by atoms with E-state index in [0.29, 0.717) is 32.2 Å². The van der Waals surface area contributed by atoms with Gasteiger partial charge in [0, 0.05) is 85.6 Å². The molecule has 17 heteroatoms. The van der Waals surface area contributed by atoms with Crippen molar-refractivity contribution in [2.45, 2.75) is 147 Å². The molecular formula is C44H68N8O9. The van der Waals surface area contributed by atoms with Gasteiger partial charge in [-0.05, 0) is 68.5 Å². The molecule has 0 bridgehead atoms. The molecule has 2 fully saturated rings. The van der Waals surface area contributed by atoms with Crippen molar-refractivity contribution in [3.63, 3.8) is 0 Å². The molecule has 8 atom stereocenters. The van der Waals surface area contributed by atoms with Gasteiger partial charge in [0.1, 0.15) is 0 Å². The van der Waals surface area contributed by atoms with E-state index >= 15 is 0 Å². The van der Waals surface area contributed by atoms with E-state index < -0.39 is 60.4 Å². The Hall–Kier alpha value is -5.03. The summed E-state index contributed by atoms with van der Waals surface area (Å²) in [4.78, 5) is 93.7. The fourth-order valence-corrected chi connectivity index (χ4v) is 8.55. The highest BCUT2D eigenvalue weighted by Crippen LogP contribution is 2.27. The van der Waals surface area contributed by atoms with Gasteiger partial charge in [-0.1, -0.05) is 58.7 Å². The van der Waals surface area contributed by atoms with Gasteiger partial charge in [0.05, 0.1) is 18.3 Å². The highest BCUT2D eigenvalue weighted by molar-refractivity contribution is 5.86. The van der Waals surface area contributed by atoms with Crippen molar-refractivity contribution < 1.29 is 43.8 Å². The molecule has 1 aromatic heterocycles. The number of piperidine rings is 1. The maximum atomic E-state index is 14.1. The van der Waals surface area contributed by atoms with E-state index in [9.17, 15) is 38.7 Å². The number of benzene rings is 1. The lowest BCUT2D eigenvalue weighted by Crippen LogP contribution is -2.54. The van der Waals surface area contributed by atoms with Crippen LogP contribution in [-0.4, -0.2) is 106 Å². The smallest absolute Gasteiger partial charge is 0.305 e. The van der Waals surface area contributed by atoms with Gasteiger partial charge < -0.3 is 52.8 Å². The summed E-state index contributed by atoms with van der Waals surface area (Å²) < 4.78 is 0. The van der Waals surface area contributed by atoms with Crippen LogP contribution in [0.2, 0.25) is 0 Å². The Balaban J connectivity index is 1.41. The topological polar surface area (TPSA) is 274 Å². The first-order chi connectivity index (χ1) is 29.0. The maximum Gasteiger partial charge on any atom is 0.305 e. The van der Waals surface area contributed by atoms with Gasteiger partial charge in [0.15, 0.2) is 0 Å². The molecule has 1 aliphatic carbocycles. The van der Waals surface area contributed by atoms with Crippen molar-refractivity contribution in [2.75, 3.05) is 13.1 Å². The third-order valence-electron chi connectivity index (χ3n) is 11.8. The molecule has 61 heavy (non-hydrogen) atoms. The molecule has 0 unspecified atom stereocenters. The zero-order valence-electron chi connectivity index (χ0n) is 36.1. The Bertz CT molecular complexity index is 1820. The van der Waals surface area contributed by atoms with Crippen molar-refractivity contribution in [1.29, 1.82) is 0 Å². The summed E-state index contributed by atoms with van der Waals surface area (Å²) in [5.74, 6) is -4.76. The van der Waals surface area contributed by atoms with Crippen molar-refractivity contribution in [1.82, 2.24) is 36.9 Å². The zero-order valence-corrected chi connectivity index (χ0v) is 36.1. The van der Waals surface area contributed by atoms with Crippen LogP contribution in [0.4, 0.5) is 0 Å². The summed E-state index contributed by atoms with van der Waals surface area (Å²) in [6, 6.07) is 4.35. The molecule has 1 saturated carbocycles. The third-order valence-corrected chi connectivity index (χ3v) is 11.8. The van der Waals surface area contributed by atoms with Crippen molar-refractivity contribution in [3.05, 3.63) is 36.0 Å². The average molecular weight is 853 g/mol. The summed E-state index contributed by atoms with van der Waals surface area (Å²) in [6.45, 7) is 9.13. The van der Waals surface area contributed by atoms with E-state index in [1.54, 1.807) is 0 Å². The molecule has 1 saturated heterocycles. The quantitative estimate of drug-likeness (QED) is 0.0776. The van der Waals surface area contributed by atoms with Crippen LogP contribution in [0.1, 0.15) is 110 Å². The molecule has 17 nitrogen and oxygen atoms in total. The lowest BCUT2D eigenvalue weighted by atomic mass is 9.83. The number of carboxylic acids is 2. The summed E-state index contributed by atoms with van der Waals surface area (Å²) in [5.41, 5.74) is 7.98. The number of fused-ring (bicyclic) bond motifs is 1. The van der Waals surface area contributed by atoms with Crippen molar-refractivity contribution in [3.8, 4) is 0 Å². The van der Waals surface area contributed by atoms with E-state index in [4.69, 9.17) is 10.8 Å². The minimum atomic E-state index is -1.18. The average Bonchev–Trinajstić information content (AvgIpc) is 3.58. The first kappa shape index (κ1) is 48.6. The van der Waals surface area contributed by atoms with Gasteiger partial charge >= 0.3 is 11.9 Å². The van der Waals surface area contributed by atoms with E-state index in [-0.39, 0.29) is 85.9 Å².